The lowest BCUT2D eigenvalue weighted by Crippen LogP contribution is -2.23. The zero-order valence-electron chi connectivity index (χ0n) is 7.34. The molecule has 0 aliphatic carbocycles. The number of nitrogens with one attached hydrogen (secondary N) is 1. The molecule has 2 nitrogen and oxygen atoms in total. The highest BCUT2D eigenvalue weighted by Gasteiger charge is 2.00. The molecule has 1 rings (SSSR count). The van der Waals surface area contributed by atoms with E-state index in [0.29, 0.717) is 6.04 Å². The van der Waals surface area contributed by atoms with Crippen molar-refractivity contribution in [1.82, 2.24) is 10.3 Å². The second kappa shape index (κ2) is 4.16. The molecule has 0 saturated heterocycles. The first kappa shape index (κ1) is 9.13. The van der Waals surface area contributed by atoms with Gasteiger partial charge >= 0.3 is 0 Å². The topological polar surface area (TPSA) is 24.9 Å². The maximum absolute atomic E-state index is 12.4. The highest BCUT2D eigenvalue weighted by molar-refractivity contribution is 5.06. The van der Waals surface area contributed by atoms with Crippen molar-refractivity contribution in [3.63, 3.8) is 0 Å². The summed E-state index contributed by atoms with van der Waals surface area (Å²) in [4.78, 5) is 3.95. The molecule has 0 saturated carbocycles. The number of halogens is 1. The average molecular weight is 168 g/mol. The van der Waals surface area contributed by atoms with Crippen LogP contribution in [0.15, 0.2) is 18.3 Å². The molecule has 1 heterocycles. The molecule has 0 aliphatic rings. The van der Waals surface area contributed by atoms with Crippen molar-refractivity contribution in [2.45, 2.75) is 19.4 Å². The molecule has 1 aromatic rings. The van der Waals surface area contributed by atoms with E-state index in [-0.39, 0.29) is 5.82 Å². The first-order chi connectivity index (χ1) is 5.72. The zero-order valence-corrected chi connectivity index (χ0v) is 7.34. The Hall–Kier alpha value is -0.960. The second-order valence-electron chi connectivity index (χ2n) is 2.86. The first-order valence-corrected chi connectivity index (χ1v) is 4.00. The van der Waals surface area contributed by atoms with Gasteiger partial charge in [0, 0.05) is 18.2 Å². The number of rotatable bonds is 3. The van der Waals surface area contributed by atoms with E-state index in [4.69, 9.17) is 0 Å². The van der Waals surface area contributed by atoms with E-state index in [0.717, 1.165) is 12.1 Å². The van der Waals surface area contributed by atoms with Crippen LogP contribution < -0.4 is 5.32 Å². The minimum Gasteiger partial charge on any atom is -0.317 e. The predicted octanol–water partition coefficient (Wildman–Crippen LogP) is 1.37. The van der Waals surface area contributed by atoms with E-state index < -0.39 is 0 Å². The molecule has 1 atom stereocenters. The van der Waals surface area contributed by atoms with Crippen LogP contribution in [0.3, 0.4) is 0 Å². The molecule has 0 fully saturated rings. The smallest absolute Gasteiger partial charge is 0.141 e. The van der Waals surface area contributed by atoms with Crippen molar-refractivity contribution >= 4 is 0 Å². The Balaban J connectivity index is 2.58. The highest BCUT2D eigenvalue weighted by Crippen LogP contribution is 2.00. The first-order valence-electron chi connectivity index (χ1n) is 4.00. The van der Waals surface area contributed by atoms with Crippen molar-refractivity contribution in [1.29, 1.82) is 0 Å². The van der Waals surface area contributed by atoms with Crippen LogP contribution in [0.2, 0.25) is 0 Å². The van der Waals surface area contributed by atoms with Gasteiger partial charge in [-0.25, -0.2) is 4.39 Å². The Morgan fingerprint density at radius 2 is 2.33 bits per heavy atom. The molecule has 66 valence electrons. The summed E-state index contributed by atoms with van der Waals surface area (Å²) in [5.74, 6) is -0.282. The van der Waals surface area contributed by atoms with Crippen molar-refractivity contribution in [2.24, 2.45) is 0 Å². The van der Waals surface area contributed by atoms with Crippen LogP contribution in [-0.4, -0.2) is 18.1 Å². The number of pyridine rings is 1. The number of nitrogens with zero attached hydrogens (tertiary/aromatic N) is 1. The lowest BCUT2D eigenvalue weighted by atomic mass is 10.2. The molecule has 1 N–H and O–H groups in total. The van der Waals surface area contributed by atoms with E-state index in [2.05, 4.69) is 17.2 Å². The Kier molecular flexibility index (Phi) is 3.17. The molecular formula is C9H13FN2. The van der Waals surface area contributed by atoms with Gasteiger partial charge in [-0.05, 0) is 26.1 Å². The van der Waals surface area contributed by atoms with Crippen molar-refractivity contribution in [2.75, 3.05) is 7.05 Å². The molecule has 0 aromatic carbocycles. The van der Waals surface area contributed by atoms with Crippen molar-refractivity contribution in [3.05, 3.63) is 29.8 Å². The highest BCUT2D eigenvalue weighted by atomic mass is 19.1. The van der Waals surface area contributed by atoms with Gasteiger partial charge in [0.2, 0.25) is 0 Å². The summed E-state index contributed by atoms with van der Waals surface area (Å²) in [6, 6.07) is 3.52. The number of aromatic nitrogens is 1. The van der Waals surface area contributed by atoms with Crippen LogP contribution in [0, 0.1) is 5.82 Å². The molecule has 0 aliphatic heterocycles. The molecular weight excluding hydrogens is 155 g/mol. The van der Waals surface area contributed by atoms with Gasteiger partial charge in [0.25, 0.3) is 0 Å². The SMILES string of the molecule is CNC(C)Cc1ccc(F)cn1. The monoisotopic (exact) mass is 168 g/mol. The fraction of sp³-hybridized carbons (Fsp3) is 0.444. The maximum Gasteiger partial charge on any atom is 0.141 e. The summed E-state index contributed by atoms with van der Waals surface area (Å²) in [5.41, 5.74) is 0.915. The van der Waals surface area contributed by atoms with Crippen LogP contribution in [-0.2, 0) is 6.42 Å². The van der Waals surface area contributed by atoms with Crippen LogP contribution in [0.25, 0.3) is 0 Å². The summed E-state index contributed by atoms with van der Waals surface area (Å²) in [6.07, 6.45) is 2.08. The standard InChI is InChI=1S/C9H13FN2/c1-7(11-2)5-9-4-3-8(10)6-12-9/h3-4,6-7,11H,5H2,1-2H3. The summed E-state index contributed by atoms with van der Waals surface area (Å²) < 4.78 is 12.4. The van der Waals surface area contributed by atoms with Gasteiger partial charge in [0.15, 0.2) is 0 Å². The van der Waals surface area contributed by atoms with Gasteiger partial charge in [0.1, 0.15) is 5.82 Å². The van der Waals surface area contributed by atoms with E-state index >= 15 is 0 Å². The third kappa shape index (κ3) is 2.58. The number of hydrogen-bond acceptors (Lipinski definition) is 2. The quantitative estimate of drug-likeness (QED) is 0.737. The summed E-state index contributed by atoms with van der Waals surface area (Å²) in [6.45, 7) is 2.06. The largest absolute Gasteiger partial charge is 0.317 e. The maximum atomic E-state index is 12.4. The van der Waals surface area contributed by atoms with Gasteiger partial charge in [0.05, 0.1) is 6.20 Å². The lowest BCUT2D eigenvalue weighted by Gasteiger charge is -2.08. The fourth-order valence-electron chi connectivity index (χ4n) is 0.943. The van der Waals surface area contributed by atoms with E-state index in [1.807, 2.05) is 7.05 Å². The second-order valence-corrected chi connectivity index (χ2v) is 2.86. The minimum absolute atomic E-state index is 0.282. The third-order valence-corrected chi connectivity index (χ3v) is 1.80. The van der Waals surface area contributed by atoms with E-state index in [1.54, 1.807) is 6.07 Å². The Bertz CT molecular complexity index is 233. The van der Waals surface area contributed by atoms with E-state index in [1.165, 1.54) is 12.3 Å². The van der Waals surface area contributed by atoms with Gasteiger partial charge < -0.3 is 5.32 Å². The van der Waals surface area contributed by atoms with Gasteiger partial charge in [-0.2, -0.15) is 0 Å². The summed E-state index contributed by atoms with van der Waals surface area (Å²) in [5, 5.41) is 3.09. The Morgan fingerprint density at radius 3 is 2.83 bits per heavy atom. The Morgan fingerprint density at radius 1 is 1.58 bits per heavy atom. The number of hydrogen-bond donors (Lipinski definition) is 1. The average Bonchev–Trinajstić information content (AvgIpc) is 2.09. The zero-order chi connectivity index (χ0) is 8.97. The molecule has 0 radical (unpaired) electrons. The summed E-state index contributed by atoms with van der Waals surface area (Å²) in [7, 11) is 1.90. The lowest BCUT2D eigenvalue weighted by molar-refractivity contribution is 0.590. The van der Waals surface area contributed by atoms with Crippen LogP contribution in [0.1, 0.15) is 12.6 Å². The molecule has 0 bridgehead atoms. The van der Waals surface area contributed by atoms with Crippen LogP contribution in [0.5, 0.6) is 0 Å². The predicted molar refractivity (Wildman–Crippen MR) is 46.4 cm³/mol. The molecule has 1 unspecified atom stereocenters. The molecule has 3 heteroatoms. The summed E-state index contributed by atoms with van der Waals surface area (Å²) >= 11 is 0. The molecule has 1 aromatic heterocycles. The molecule has 12 heavy (non-hydrogen) atoms. The fourth-order valence-corrected chi connectivity index (χ4v) is 0.943. The van der Waals surface area contributed by atoms with Crippen LogP contribution in [0.4, 0.5) is 4.39 Å². The van der Waals surface area contributed by atoms with Gasteiger partial charge in [-0.15, -0.1) is 0 Å². The number of likely N-dealkylation sites (N-methyl/N-ethyl adjacent to an activating group) is 1. The van der Waals surface area contributed by atoms with Crippen molar-refractivity contribution < 1.29 is 4.39 Å². The normalized spacial score (nSPS) is 12.9. The third-order valence-electron chi connectivity index (χ3n) is 1.80. The van der Waals surface area contributed by atoms with E-state index in [9.17, 15) is 4.39 Å². The van der Waals surface area contributed by atoms with Crippen molar-refractivity contribution in [3.8, 4) is 0 Å². The molecule has 0 spiro atoms. The minimum atomic E-state index is -0.282. The van der Waals surface area contributed by atoms with Gasteiger partial charge in [-0.1, -0.05) is 0 Å². The molecule has 0 amide bonds. The van der Waals surface area contributed by atoms with Crippen LogP contribution >= 0.6 is 0 Å². The van der Waals surface area contributed by atoms with Gasteiger partial charge in [-0.3, -0.25) is 4.98 Å². The Labute approximate surface area is 71.8 Å².